The Morgan fingerprint density at radius 1 is 1.19 bits per heavy atom. The highest BCUT2D eigenvalue weighted by molar-refractivity contribution is 7.99. The fourth-order valence-electron chi connectivity index (χ4n) is 3.11. The van der Waals surface area contributed by atoms with Crippen molar-refractivity contribution in [3.8, 4) is 11.5 Å². The number of nitrogens with zero attached hydrogens (tertiary/aromatic N) is 3. The molecule has 0 fully saturated rings. The maximum Gasteiger partial charge on any atom is 0.173 e. The van der Waals surface area contributed by atoms with Gasteiger partial charge in [-0.3, -0.25) is 5.41 Å². The van der Waals surface area contributed by atoms with Crippen molar-refractivity contribution in [1.82, 2.24) is 19.5 Å². The molecule has 0 unspecified atom stereocenters. The molecular weight excluding hydrogens is 441 g/mol. The predicted molar refractivity (Wildman–Crippen MR) is 117 cm³/mol. The van der Waals surface area contributed by atoms with E-state index in [0.29, 0.717) is 45.8 Å². The summed E-state index contributed by atoms with van der Waals surface area (Å²) in [7, 11) is 3.21. The summed E-state index contributed by atoms with van der Waals surface area (Å²) >= 11 is 7.52. The molecular formula is C21H19ClFN5O2S. The van der Waals surface area contributed by atoms with Crippen LogP contribution in [0.1, 0.15) is 5.56 Å². The molecule has 2 aromatic carbocycles. The zero-order valence-electron chi connectivity index (χ0n) is 16.8. The number of methoxy groups -OCH3 is 2. The largest absolute Gasteiger partial charge is 0.497 e. The molecule has 4 aromatic rings. The van der Waals surface area contributed by atoms with E-state index in [1.165, 1.54) is 23.9 Å². The molecule has 2 heterocycles. The Kier molecular flexibility index (Phi) is 6.15. The molecule has 0 bridgehead atoms. The van der Waals surface area contributed by atoms with E-state index in [9.17, 15) is 4.39 Å². The number of aryl methyl sites for hydroxylation is 2. The van der Waals surface area contributed by atoms with Crippen molar-refractivity contribution in [2.45, 2.75) is 23.0 Å². The van der Waals surface area contributed by atoms with Gasteiger partial charge in [0.05, 0.1) is 25.4 Å². The van der Waals surface area contributed by atoms with Crippen LogP contribution in [0.3, 0.4) is 0 Å². The van der Waals surface area contributed by atoms with Crippen LogP contribution < -0.4 is 15.0 Å². The molecule has 10 heteroatoms. The molecule has 0 radical (unpaired) electrons. The van der Waals surface area contributed by atoms with Crippen LogP contribution in [0.4, 0.5) is 4.39 Å². The number of benzene rings is 2. The van der Waals surface area contributed by atoms with Gasteiger partial charge in [-0.25, -0.2) is 14.4 Å². The van der Waals surface area contributed by atoms with Gasteiger partial charge in [-0.05, 0) is 54.1 Å². The van der Waals surface area contributed by atoms with Crippen LogP contribution in [0.5, 0.6) is 11.5 Å². The molecule has 0 atom stereocenters. The number of imidazole rings is 1. The van der Waals surface area contributed by atoms with Crippen molar-refractivity contribution >= 4 is 34.5 Å². The van der Waals surface area contributed by atoms with Gasteiger partial charge in [0.15, 0.2) is 16.3 Å². The van der Waals surface area contributed by atoms with Crippen LogP contribution in [-0.4, -0.2) is 33.7 Å². The lowest BCUT2D eigenvalue weighted by atomic mass is 10.1. The summed E-state index contributed by atoms with van der Waals surface area (Å²) in [5.74, 6) is 1.02. The normalized spacial score (nSPS) is 11.1. The van der Waals surface area contributed by atoms with Gasteiger partial charge in [0.25, 0.3) is 0 Å². The summed E-state index contributed by atoms with van der Waals surface area (Å²) in [5.41, 5.74) is 2.05. The van der Waals surface area contributed by atoms with Crippen LogP contribution >= 0.6 is 23.4 Å². The number of hydrogen-bond acceptors (Lipinski definition) is 6. The number of rotatable bonds is 7. The van der Waals surface area contributed by atoms with Crippen LogP contribution in [0, 0.1) is 11.2 Å². The predicted octanol–water partition coefficient (Wildman–Crippen LogP) is 4.44. The Morgan fingerprint density at radius 3 is 2.77 bits per heavy atom. The van der Waals surface area contributed by atoms with Crippen molar-refractivity contribution in [3.05, 3.63) is 64.6 Å². The van der Waals surface area contributed by atoms with E-state index in [4.69, 9.17) is 26.5 Å². The maximum atomic E-state index is 13.3. The van der Waals surface area contributed by atoms with Gasteiger partial charge in [0.1, 0.15) is 22.8 Å². The van der Waals surface area contributed by atoms with Crippen molar-refractivity contribution in [2.75, 3.05) is 14.2 Å². The molecule has 0 aliphatic carbocycles. The number of fused-ring (bicyclic) bond motifs is 1. The van der Waals surface area contributed by atoms with Gasteiger partial charge < -0.3 is 19.0 Å². The minimum atomic E-state index is -0.369. The van der Waals surface area contributed by atoms with E-state index in [2.05, 4.69) is 15.0 Å². The third kappa shape index (κ3) is 4.52. The van der Waals surface area contributed by atoms with Gasteiger partial charge in [-0.1, -0.05) is 17.7 Å². The number of aromatic amines is 1. The summed E-state index contributed by atoms with van der Waals surface area (Å²) in [6, 6.07) is 9.87. The second-order valence-corrected chi connectivity index (χ2v) is 8.07. The number of nitrogens with one attached hydrogen (secondary N) is 2. The van der Waals surface area contributed by atoms with Crippen LogP contribution in [-0.2, 0) is 13.0 Å². The summed E-state index contributed by atoms with van der Waals surface area (Å²) in [6.07, 6.45) is 2.14. The first-order valence-electron chi connectivity index (χ1n) is 9.32. The first-order valence-corrected chi connectivity index (χ1v) is 10.5. The Morgan fingerprint density at radius 2 is 2.03 bits per heavy atom. The molecule has 0 amide bonds. The SMILES string of the molecule is COc1ccc(OC)c(Sc2nc3c([nH]2)c(=N)ncn3CCc2ccc(F)cc2Cl)c1. The standard InChI is InChI=1S/C21H19ClFN5O2S/c1-29-14-5-6-16(30-2)17(10-14)31-21-26-18-19(24)25-11-28(20(18)27-21)8-7-12-3-4-13(23)9-15(12)22/h3-6,9-11,24H,7-8H2,1-2H3,(H,26,27). The Hall–Kier alpha value is -3.04. The van der Waals surface area contributed by atoms with Crippen molar-refractivity contribution < 1.29 is 13.9 Å². The summed E-state index contributed by atoms with van der Waals surface area (Å²) < 4.78 is 25.9. The Bertz CT molecular complexity index is 1310. The van der Waals surface area contributed by atoms with E-state index in [-0.39, 0.29) is 11.3 Å². The van der Waals surface area contributed by atoms with Crippen molar-refractivity contribution in [3.63, 3.8) is 0 Å². The van der Waals surface area contributed by atoms with Crippen LogP contribution in [0.2, 0.25) is 5.02 Å². The highest BCUT2D eigenvalue weighted by Gasteiger charge is 2.14. The number of halogens is 2. The molecule has 160 valence electrons. The smallest absolute Gasteiger partial charge is 0.173 e. The van der Waals surface area contributed by atoms with Gasteiger partial charge in [0, 0.05) is 11.6 Å². The van der Waals surface area contributed by atoms with E-state index in [1.54, 1.807) is 26.6 Å². The molecule has 2 N–H and O–H groups in total. The summed E-state index contributed by atoms with van der Waals surface area (Å²) in [6.45, 7) is 0.520. The number of aromatic nitrogens is 4. The van der Waals surface area contributed by atoms with Gasteiger partial charge >= 0.3 is 0 Å². The molecule has 0 aliphatic heterocycles. The minimum absolute atomic E-state index is 0.100. The third-order valence-corrected chi connectivity index (χ3v) is 5.99. The Labute approximate surface area is 186 Å². The lowest BCUT2D eigenvalue weighted by Gasteiger charge is -2.09. The topological polar surface area (TPSA) is 88.8 Å². The van der Waals surface area contributed by atoms with Gasteiger partial charge in [-0.2, -0.15) is 0 Å². The minimum Gasteiger partial charge on any atom is -0.497 e. The molecule has 31 heavy (non-hydrogen) atoms. The third-order valence-electron chi connectivity index (χ3n) is 4.71. The monoisotopic (exact) mass is 459 g/mol. The number of ether oxygens (including phenoxy) is 2. The van der Waals surface area contributed by atoms with E-state index in [1.807, 2.05) is 22.8 Å². The lowest BCUT2D eigenvalue weighted by molar-refractivity contribution is 0.394. The number of hydrogen-bond donors (Lipinski definition) is 2. The number of H-pyrrole nitrogens is 1. The second-order valence-electron chi connectivity index (χ2n) is 6.63. The zero-order valence-corrected chi connectivity index (χ0v) is 18.4. The fraction of sp³-hybridized carbons (Fsp3) is 0.190. The van der Waals surface area contributed by atoms with Crippen molar-refractivity contribution in [2.24, 2.45) is 0 Å². The molecule has 0 saturated heterocycles. The average molecular weight is 460 g/mol. The highest BCUT2D eigenvalue weighted by atomic mass is 35.5. The Balaban J connectivity index is 1.65. The molecule has 0 spiro atoms. The van der Waals surface area contributed by atoms with Gasteiger partial charge in [0.2, 0.25) is 0 Å². The summed E-state index contributed by atoms with van der Waals surface area (Å²) in [4.78, 5) is 12.8. The van der Waals surface area contributed by atoms with Gasteiger partial charge in [-0.15, -0.1) is 0 Å². The molecule has 4 rings (SSSR count). The second kappa shape index (κ2) is 8.99. The lowest BCUT2D eigenvalue weighted by Crippen LogP contribution is -2.13. The van der Waals surface area contributed by atoms with Crippen LogP contribution in [0.25, 0.3) is 11.2 Å². The van der Waals surface area contributed by atoms with Crippen molar-refractivity contribution in [1.29, 1.82) is 5.41 Å². The zero-order chi connectivity index (χ0) is 22.0. The van der Waals surface area contributed by atoms with Crippen LogP contribution in [0.15, 0.2) is 52.8 Å². The molecule has 2 aromatic heterocycles. The first-order chi connectivity index (χ1) is 15.0. The molecule has 7 nitrogen and oxygen atoms in total. The molecule has 0 aliphatic rings. The maximum absolute atomic E-state index is 13.3. The fourth-order valence-corrected chi connectivity index (χ4v) is 4.29. The average Bonchev–Trinajstić information content (AvgIpc) is 3.19. The summed E-state index contributed by atoms with van der Waals surface area (Å²) in [5, 5.41) is 9.11. The van der Waals surface area contributed by atoms with E-state index in [0.717, 1.165) is 10.5 Å². The van der Waals surface area contributed by atoms with E-state index >= 15 is 0 Å². The van der Waals surface area contributed by atoms with E-state index < -0.39 is 0 Å². The highest BCUT2D eigenvalue weighted by Crippen LogP contribution is 2.36. The quantitative estimate of drug-likeness (QED) is 0.426. The first kappa shape index (κ1) is 21.2. The molecule has 0 saturated carbocycles.